The first-order valence-electron chi connectivity index (χ1n) is 5.69. The van der Waals surface area contributed by atoms with Crippen LogP contribution in [-0.2, 0) is 4.74 Å². The summed E-state index contributed by atoms with van der Waals surface area (Å²) in [5, 5.41) is 20.5. The average molecular weight is 253 g/mol. The molecule has 98 valence electrons. The lowest BCUT2D eigenvalue weighted by atomic mass is 9.87. The van der Waals surface area contributed by atoms with E-state index in [-0.39, 0.29) is 23.9 Å². The summed E-state index contributed by atoms with van der Waals surface area (Å²) in [6, 6.07) is 6.28. The summed E-state index contributed by atoms with van der Waals surface area (Å²) in [7, 11) is 1.56. The number of hydrogen-bond donors (Lipinski definition) is 1. The van der Waals surface area contributed by atoms with E-state index in [1.807, 2.05) is 0 Å². The van der Waals surface area contributed by atoms with Crippen molar-refractivity contribution in [1.82, 2.24) is 0 Å². The van der Waals surface area contributed by atoms with Crippen molar-refractivity contribution in [2.75, 3.05) is 13.7 Å². The van der Waals surface area contributed by atoms with Crippen LogP contribution in [0, 0.1) is 10.1 Å². The number of aliphatic hydroxyl groups excluding tert-OH is 1. The molecular formula is C12H15NO5. The Hall–Kier alpha value is -1.66. The molecule has 6 nitrogen and oxygen atoms in total. The van der Waals surface area contributed by atoms with Gasteiger partial charge in [-0.15, -0.1) is 0 Å². The number of nitro groups is 1. The summed E-state index contributed by atoms with van der Waals surface area (Å²) in [4.78, 5) is 10.6. The third-order valence-electron chi connectivity index (χ3n) is 3.19. The quantitative estimate of drug-likeness (QED) is 0.645. The van der Waals surface area contributed by atoms with Crippen molar-refractivity contribution in [1.29, 1.82) is 0 Å². The Morgan fingerprint density at radius 2 is 2.11 bits per heavy atom. The molecule has 0 spiro atoms. The van der Waals surface area contributed by atoms with Crippen molar-refractivity contribution in [2.45, 2.75) is 24.7 Å². The highest BCUT2D eigenvalue weighted by Gasteiger charge is 2.39. The SMILES string of the molecule is COc1ccc(C2CC(O)OCC2[N+](=O)[O-])cc1. The molecule has 0 saturated carbocycles. The minimum Gasteiger partial charge on any atom is -0.497 e. The van der Waals surface area contributed by atoms with Crippen LogP contribution in [-0.4, -0.2) is 36.1 Å². The van der Waals surface area contributed by atoms with Gasteiger partial charge in [-0.1, -0.05) is 12.1 Å². The Balaban J connectivity index is 2.23. The monoisotopic (exact) mass is 253 g/mol. The number of benzene rings is 1. The molecule has 1 heterocycles. The molecule has 0 radical (unpaired) electrons. The van der Waals surface area contributed by atoms with E-state index in [1.165, 1.54) is 0 Å². The lowest BCUT2D eigenvalue weighted by Gasteiger charge is -2.29. The molecule has 3 atom stereocenters. The van der Waals surface area contributed by atoms with Gasteiger partial charge in [0, 0.05) is 11.3 Å². The Labute approximate surface area is 104 Å². The molecule has 1 saturated heterocycles. The molecule has 3 unspecified atom stereocenters. The van der Waals surface area contributed by atoms with Crippen LogP contribution < -0.4 is 4.74 Å². The zero-order valence-electron chi connectivity index (χ0n) is 9.98. The number of ether oxygens (including phenoxy) is 2. The van der Waals surface area contributed by atoms with E-state index in [9.17, 15) is 15.2 Å². The van der Waals surface area contributed by atoms with Gasteiger partial charge in [0.1, 0.15) is 12.4 Å². The molecular weight excluding hydrogens is 238 g/mol. The summed E-state index contributed by atoms with van der Waals surface area (Å²) >= 11 is 0. The van der Waals surface area contributed by atoms with Crippen LogP contribution in [0.4, 0.5) is 0 Å². The molecule has 0 amide bonds. The van der Waals surface area contributed by atoms with E-state index in [4.69, 9.17) is 9.47 Å². The summed E-state index contributed by atoms with van der Waals surface area (Å²) in [5.74, 6) is 0.360. The van der Waals surface area contributed by atoms with Crippen LogP contribution in [0.2, 0.25) is 0 Å². The first-order valence-corrected chi connectivity index (χ1v) is 5.69. The Morgan fingerprint density at radius 3 is 2.67 bits per heavy atom. The fraction of sp³-hybridized carbons (Fsp3) is 0.500. The maximum atomic E-state index is 11.0. The third-order valence-corrected chi connectivity index (χ3v) is 3.19. The van der Waals surface area contributed by atoms with Gasteiger partial charge >= 0.3 is 0 Å². The fourth-order valence-corrected chi connectivity index (χ4v) is 2.19. The predicted molar refractivity (Wildman–Crippen MR) is 63.1 cm³/mol. The van der Waals surface area contributed by atoms with Gasteiger partial charge in [-0.3, -0.25) is 10.1 Å². The molecule has 1 aromatic rings. The van der Waals surface area contributed by atoms with Crippen LogP contribution >= 0.6 is 0 Å². The summed E-state index contributed by atoms with van der Waals surface area (Å²) < 4.78 is 9.98. The molecule has 0 aromatic heterocycles. The minimum absolute atomic E-state index is 0.0646. The first-order chi connectivity index (χ1) is 8.61. The van der Waals surface area contributed by atoms with E-state index < -0.39 is 12.3 Å². The highest BCUT2D eigenvalue weighted by molar-refractivity contribution is 5.30. The molecule has 1 fully saturated rings. The molecule has 2 rings (SSSR count). The molecule has 6 heteroatoms. The van der Waals surface area contributed by atoms with Gasteiger partial charge in [-0.05, 0) is 17.7 Å². The molecule has 1 N–H and O–H groups in total. The molecule has 1 aromatic carbocycles. The minimum atomic E-state index is -0.937. The maximum absolute atomic E-state index is 11.0. The lowest BCUT2D eigenvalue weighted by molar-refractivity contribution is -0.538. The fourth-order valence-electron chi connectivity index (χ4n) is 2.19. The highest BCUT2D eigenvalue weighted by atomic mass is 16.6. The lowest BCUT2D eigenvalue weighted by Crippen LogP contribution is -2.40. The van der Waals surface area contributed by atoms with Crippen molar-refractivity contribution >= 4 is 0 Å². The number of hydrogen-bond acceptors (Lipinski definition) is 5. The second-order valence-corrected chi connectivity index (χ2v) is 4.26. The summed E-state index contributed by atoms with van der Waals surface area (Å²) in [6.45, 7) is -0.0646. The summed E-state index contributed by atoms with van der Waals surface area (Å²) in [6.07, 6.45) is -0.703. The predicted octanol–water partition coefficient (Wildman–Crippen LogP) is 1.16. The van der Waals surface area contributed by atoms with E-state index in [1.54, 1.807) is 31.4 Å². The largest absolute Gasteiger partial charge is 0.497 e. The summed E-state index contributed by atoms with van der Waals surface area (Å²) in [5.41, 5.74) is 0.819. The van der Waals surface area contributed by atoms with Gasteiger partial charge < -0.3 is 14.6 Å². The van der Waals surface area contributed by atoms with Crippen molar-refractivity contribution in [3.8, 4) is 5.75 Å². The Kier molecular flexibility index (Phi) is 3.78. The number of rotatable bonds is 3. The van der Waals surface area contributed by atoms with Crippen molar-refractivity contribution in [2.24, 2.45) is 0 Å². The Morgan fingerprint density at radius 1 is 1.44 bits per heavy atom. The van der Waals surface area contributed by atoms with Crippen molar-refractivity contribution < 1.29 is 19.5 Å². The van der Waals surface area contributed by atoms with Gasteiger partial charge in [0.25, 0.3) is 0 Å². The van der Waals surface area contributed by atoms with E-state index in [2.05, 4.69) is 0 Å². The average Bonchev–Trinajstić information content (AvgIpc) is 2.38. The zero-order valence-corrected chi connectivity index (χ0v) is 9.98. The zero-order chi connectivity index (χ0) is 13.1. The van der Waals surface area contributed by atoms with Gasteiger partial charge in [0.2, 0.25) is 6.04 Å². The van der Waals surface area contributed by atoms with Crippen LogP contribution in [0.3, 0.4) is 0 Å². The molecule has 0 aliphatic carbocycles. The maximum Gasteiger partial charge on any atom is 0.243 e. The third kappa shape index (κ3) is 2.60. The molecule has 0 bridgehead atoms. The van der Waals surface area contributed by atoms with Crippen LogP contribution in [0.1, 0.15) is 17.9 Å². The van der Waals surface area contributed by atoms with Crippen molar-refractivity contribution in [3.05, 3.63) is 39.9 Å². The van der Waals surface area contributed by atoms with Gasteiger partial charge in [0.15, 0.2) is 6.29 Å². The van der Waals surface area contributed by atoms with Gasteiger partial charge in [-0.2, -0.15) is 0 Å². The van der Waals surface area contributed by atoms with Crippen LogP contribution in [0.5, 0.6) is 5.75 Å². The van der Waals surface area contributed by atoms with Gasteiger partial charge in [-0.25, -0.2) is 0 Å². The molecule has 18 heavy (non-hydrogen) atoms. The Bertz CT molecular complexity index is 419. The normalized spacial score (nSPS) is 27.8. The van der Waals surface area contributed by atoms with E-state index >= 15 is 0 Å². The standard InChI is InChI=1S/C12H15NO5/c1-17-9-4-2-8(3-5-9)10-6-12(14)18-7-11(10)13(15)16/h2-5,10-12,14H,6-7H2,1H3. The number of nitrogens with zero attached hydrogens (tertiary/aromatic N) is 1. The second kappa shape index (κ2) is 5.32. The topological polar surface area (TPSA) is 81.8 Å². The van der Waals surface area contributed by atoms with E-state index in [0.717, 1.165) is 5.56 Å². The van der Waals surface area contributed by atoms with Gasteiger partial charge in [0.05, 0.1) is 13.0 Å². The van der Waals surface area contributed by atoms with E-state index in [0.29, 0.717) is 5.75 Å². The number of methoxy groups -OCH3 is 1. The highest BCUT2D eigenvalue weighted by Crippen LogP contribution is 2.32. The second-order valence-electron chi connectivity index (χ2n) is 4.26. The van der Waals surface area contributed by atoms with Crippen LogP contribution in [0.25, 0.3) is 0 Å². The smallest absolute Gasteiger partial charge is 0.243 e. The molecule has 1 aliphatic heterocycles. The van der Waals surface area contributed by atoms with Crippen molar-refractivity contribution in [3.63, 3.8) is 0 Å². The number of aliphatic hydroxyl groups is 1. The van der Waals surface area contributed by atoms with Crippen LogP contribution in [0.15, 0.2) is 24.3 Å². The first kappa shape index (κ1) is 12.8. The molecule has 1 aliphatic rings.